The van der Waals surface area contributed by atoms with Crippen LogP contribution in [0.1, 0.15) is 47.2 Å². The number of rotatable bonds is 5. The number of aromatic nitrogens is 1. The number of amides is 3. The summed E-state index contributed by atoms with van der Waals surface area (Å²) in [4.78, 5) is 51.9. The van der Waals surface area contributed by atoms with Gasteiger partial charge < -0.3 is 20.1 Å². The molecule has 0 aliphatic carbocycles. The van der Waals surface area contributed by atoms with Gasteiger partial charge in [0.15, 0.2) is 12.3 Å². The maximum absolute atomic E-state index is 13.0. The van der Waals surface area contributed by atoms with E-state index in [2.05, 4.69) is 20.7 Å². The molecule has 4 aliphatic heterocycles. The largest absolute Gasteiger partial charge is 0.526 e. The fourth-order valence-electron chi connectivity index (χ4n) is 5.89. The summed E-state index contributed by atoms with van der Waals surface area (Å²) in [6, 6.07) is 7.76. The quantitative estimate of drug-likeness (QED) is 0.525. The van der Waals surface area contributed by atoms with Gasteiger partial charge in [-0.05, 0) is 55.7 Å². The Morgan fingerprint density at radius 3 is 2.62 bits per heavy atom. The van der Waals surface area contributed by atoms with Crippen LogP contribution in [-0.4, -0.2) is 57.0 Å². The number of nitrogens with zero attached hydrogens (tertiary/aromatic N) is 5. The van der Waals surface area contributed by atoms with Gasteiger partial charge in [-0.25, -0.2) is 10.4 Å². The van der Waals surface area contributed by atoms with Crippen molar-refractivity contribution in [1.29, 1.82) is 0 Å². The highest BCUT2D eigenvalue weighted by Crippen LogP contribution is 2.41. The van der Waals surface area contributed by atoms with Crippen molar-refractivity contribution < 1.29 is 37.3 Å². The molecule has 1 aromatic carbocycles. The Kier molecular flexibility index (Phi) is 6.64. The maximum Gasteiger partial charge on any atom is 0.416 e. The van der Waals surface area contributed by atoms with Crippen LogP contribution in [0.3, 0.4) is 0 Å². The van der Waals surface area contributed by atoms with Gasteiger partial charge in [-0.2, -0.15) is 18.2 Å². The molecule has 42 heavy (non-hydrogen) atoms. The summed E-state index contributed by atoms with van der Waals surface area (Å²) < 4.78 is 38.6. The number of benzene rings is 1. The lowest BCUT2D eigenvalue weighted by Crippen LogP contribution is -2.62. The van der Waals surface area contributed by atoms with Crippen LogP contribution in [0.25, 0.3) is 0 Å². The summed E-state index contributed by atoms with van der Waals surface area (Å²) in [5.41, 5.74) is 3.16. The summed E-state index contributed by atoms with van der Waals surface area (Å²) in [7, 11) is 0. The maximum atomic E-state index is 13.0. The number of fused-ring (bicyclic) bond motifs is 2. The molecule has 3 amide bonds. The molecule has 0 radical (unpaired) electrons. The van der Waals surface area contributed by atoms with Crippen molar-refractivity contribution in [2.75, 3.05) is 11.9 Å². The lowest BCUT2D eigenvalue weighted by Gasteiger charge is -2.35. The van der Waals surface area contributed by atoms with Crippen LogP contribution >= 0.6 is 0 Å². The molecule has 3 atom stereocenters. The third-order valence-corrected chi connectivity index (χ3v) is 7.88. The van der Waals surface area contributed by atoms with Gasteiger partial charge in [0.2, 0.25) is 11.6 Å². The molecule has 11 nitrogen and oxygen atoms in total. The summed E-state index contributed by atoms with van der Waals surface area (Å²) in [6.45, 7) is 0.463. The summed E-state index contributed by atoms with van der Waals surface area (Å²) in [6.07, 6.45) is 2.20. The zero-order chi connectivity index (χ0) is 29.6. The normalized spacial score (nSPS) is 24.8. The molecule has 2 N–H and O–H groups in total. The number of alkyl halides is 3. The molecule has 0 saturated carbocycles. The number of amidine groups is 1. The van der Waals surface area contributed by atoms with E-state index in [9.17, 15) is 32.7 Å². The zero-order valence-corrected chi connectivity index (χ0v) is 22.0. The Labute approximate surface area is 237 Å². The van der Waals surface area contributed by atoms with Crippen molar-refractivity contribution in [2.45, 2.75) is 37.9 Å². The fourth-order valence-corrected chi connectivity index (χ4v) is 5.89. The van der Waals surface area contributed by atoms with Crippen molar-refractivity contribution in [3.05, 3.63) is 83.1 Å². The topological polar surface area (TPSA) is 139 Å². The second kappa shape index (κ2) is 10.2. The van der Waals surface area contributed by atoms with Gasteiger partial charge in [0, 0.05) is 36.7 Å². The smallest absolute Gasteiger partial charge is 0.416 e. The molecular formula is C28H24F3N7O4. The highest BCUT2D eigenvalue weighted by Gasteiger charge is 2.50. The van der Waals surface area contributed by atoms with Crippen molar-refractivity contribution in [3.8, 4) is 0 Å². The lowest BCUT2D eigenvalue weighted by molar-refractivity contribution is -0.782. The van der Waals surface area contributed by atoms with Crippen LogP contribution in [0.4, 0.5) is 23.8 Å². The minimum atomic E-state index is -4.59. The van der Waals surface area contributed by atoms with Gasteiger partial charge >= 0.3 is 6.18 Å². The molecule has 2 saturated heterocycles. The average molecular weight is 580 g/mol. The monoisotopic (exact) mass is 579 g/mol. The van der Waals surface area contributed by atoms with Crippen molar-refractivity contribution in [2.24, 2.45) is 15.9 Å². The number of anilines is 1. The minimum Gasteiger partial charge on any atom is -0.526 e. The first kappa shape index (κ1) is 27.3. The molecule has 14 heteroatoms. The molecular weight excluding hydrogens is 555 g/mol. The average Bonchev–Trinajstić information content (AvgIpc) is 3.50. The second-order valence-electron chi connectivity index (χ2n) is 10.4. The summed E-state index contributed by atoms with van der Waals surface area (Å²) in [5.74, 6) is -0.718. The van der Waals surface area contributed by atoms with Crippen LogP contribution < -0.4 is 15.8 Å². The predicted molar refractivity (Wildman–Crippen MR) is 141 cm³/mol. The van der Waals surface area contributed by atoms with Crippen LogP contribution in [0, 0.1) is 5.92 Å². The zero-order valence-electron chi connectivity index (χ0n) is 22.0. The Morgan fingerprint density at radius 1 is 1.10 bits per heavy atom. The number of aliphatic imine (C=N–C) groups is 2. The molecule has 0 bridgehead atoms. The van der Waals surface area contributed by atoms with E-state index in [1.54, 1.807) is 12.1 Å². The third kappa shape index (κ3) is 4.83. The molecule has 2 aromatic rings. The Balaban J connectivity index is 1.30. The van der Waals surface area contributed by atoms with E-state index in [4.69, 9.17) is 4.99 Å². The highest BCUT2D eigenvalue weighted by atomic mass is 19.4. The summed E-state index contributed by atoms with van der Waals surface area (Å²) >= 11 is 0. The predicted octanol–water partition coefficient (Wildman–Crippen LogP) is 2.95. The van der Waals surface area contributed by atoms with E-state index in [0.29, 0.717) is 29.9 Å². The number of allylic oxidation sites excluding steroid dienone is 1. The number of carbonyl (C=O) groups excluding carboxylic acids is 3. The molecule has 6 rings (SSSR count). The van der Waals surface area contributed by atoms with Gasteiger partial charge in [-0.3, -0.25) is 14.6 Å². The van der Waals surface area contributed by atoms with Crippen molar-refractivity contribution in [3.63, 3.8) is 0 Å². The number of piperidine rings is 1. The van der Waals surface area contributed by atoms with Gasteiger partial charge in [0.1, 0.15) is 11.5 Å². The third-order valence-electron chi connectivity index (χ3n) is 7.88. The number of pyridine rings is 1. The standard InChI is InChI=1S/C28H24F3N7O4/c29-28(30,31)19-9-10-33-22(13-19)34-26(40)17-3-1-16(2-4-17)25-35-24(18-5-6-20-7-8-23(39)37(20)15-18)21-14-32-11-12-38(21,25)36-27(41)42/h1-4,9-14,18,20,36H,5-8,15H2,(H-,33,34,40,41,42)/t18-,20+,38?/m1/s1. The van der Waals surface area contributed by atoms with Crippen LogP contribution in [0.15, 0.2) is 76.4 Å². The van der Waals surface area contributed by atoms with E-state index >= 15 is 0 Å². The van der Waals surface area contributed by atoms with Gasteiger partial charge in [-0.1, -0.05) is 0 Å². The van der Waals surface area contributed by atoms with Gasteiger partial charge in [0.05, 0.1) is 23.5 Å². The van der Waals surface area contributed by atoms with Crippen molar-refractivity contribution >= 4 is 35.8 Å². The Morgan fingerprint density at radius 2 is 1.88 bits per heavy atom. The van der Waals surface area contributed by atoms with Crippen LogP contribution in [0.2, 0.25) is 0 Å². The van der Waals surface area contributed by atoms with Gasteiger partial charge in [0.25, 0.3) is 11.7 Å². The number of hydrogen-bond donors (Lipinski definition) is 2. The molecule has 4 aliphatic rings. The molecule has 1 unspecified atom stereocenters. The second-order valence-corrected chi connectivity index (χ2v) is 10.4. The number of hydrogen-bond acceptors (Lipinski definition) is 7. The fraction of sp³-hybridized carbons (Fsp3) is 0.286. The number of quaternary nitrogens is 1. The molecule has 5 heterocycles. The molecule has 216 valence electrons. The minimum absolute atomic E-state index is 0.0949. The number of carbonyl (C=O) groups is 3. The highest BCUT2D eigenvalue weighted by molar-refractivity contribution is 6.05. The van der Waals surface area contributed by atoms with E-state index in [-0.39, 0.29) is 35.1 Å². The first-order valence-electron chi connectivity index (χ1n) is 13.2. The van der Waals surface area contributed by atoms with Gasteiger partial charge in [-0.15, -0.1) is 4.59 Å². The lowest BCUT2D eigenvalue weighted by atomic mass is 9.90. The number of nitrogens with one attached hydrogen (secondary N) is 2. The van der Waals surface area contributed by atoms with Crippen molar-refractivity contribution in [1.82, 2.24) is 15.3 Å². The van der Waals surface area contributed by atoms with Crippen LogP contribution in [-0.2, 0) is 11.0 Å². The van der Waals surface area contributed by atoms with E-state index < -0.39 is 28.3 Å². The first-order valence-corrected chi connectivity index (χ1v) is 13.2. The molecule has 2 fully saturated rings. The van der Waals surface area contributed by atoms with E-state index in [1.807, 2.05) is 4.90 Å². The SMILES string of the molecule is O=C([O-])N[N+]12C=CN=CC1=C([C@@H]1CC[C@H]3CCC(=O)N3C1)N=C2c1ccc(C(=O)Nc2cc(C(F)(F)F)ccn2)cc1. The molecule has 0 spiro atoms. The first-order chi connectivity index (χ1) is 20.0. The van der Waals surface area contributed by atoms with E-state index in [0.717, 1.165) is 37.6 Å². The Bertz CT molecular complexity index is 1600. The van der Waals surface area contributed by atoms with E-state index in [1.165, 1.54) is 30.7 Å². The molecule has 1 aromatic heterocycles. The Hall–Kier alpha value is -4.85. The van der Waals surface area contributed by atoms with Crippen LogP contribution in [0.5, 0.6) is 0 Å². The summed E-state index contributed by atoms with van der Waals surface area (Å²) in [5, 5.41) is 14.2. The number of carboxylic acid groups (broad SMARTS) is 1. The number of halogens is 3.